The molecule has 1 aromatic rings. The monoisotopic (exact) mass is 217 g/mol. The summed E-state index contributed by atoms with van der Waals surface area (Å²) < 4.78 is 0. The molecule has 3 rings (SSSR count). The van der Waals surface area contributed by atoms with Crippen LogP contribution in [-0.2, 0) is 6.42 Å². The number of rotatable bonds is 3. The van der Waals surface area contributed by atoms with Gasteiger partial charge in [0.15, 0.2) is 0 Å². The molecule has 86 valence electrons. The van der Waals surface area contributed by atoms with E-state index in [0.717, 1.165) is 32.4 Å². The predicted octanol–water partition coefficient (Wildman–Crippen LogP) is 1.83. The molecule has 2 fully saturated rings. The Morgan fingerprint density at radius 3 is 2.56 bits per heavy atom. The average molecular weight is 217 g/mol. The maximum absolute atomic E-state index is 9.85. The highest BCUT2D eigenvalue weighted by atomic mass is 16.3. The maximum atomic E-state index is 9.85. The second kappa shape index (κ2) is 3.86. The van der Waals surface area contributed by atoms with Crippen LogP contribution < -0.4 is 5.32 Å². The minimum atomic E-state index is -0.365. The molecule has 1 aliphatic carbocycles. The molecule has 16 heavy (non-hydrogen) atoms. The molecule has 0 amide bonds. The minimum Gasteiger partial charge on any atom is -0.390 e. The summed E-state index contributed by atoms with van der Waals surface area (Å²) >= 11 is 0. The lowest BCUT2D eigenvalue weighted by Gasteiger charge is -2.11. The maximum Gasteiger partial charge on any atom is 0.0690 e. The van der Waals surface area contributed by atoms with Crippen molar-refractivity contribution in [3.8, 4) is 0 Å². The van der Waals surface area contributed by atoms with Crippen molar-refractivity contribution in [1.29, 1.82) is 0 Å². The summed E-state index contributed by atoms with van der Waals surface area (Å²) in [7, 11) is 0. The predicted molar refractivity (Wildman–Crippen MR) is 64.6 cm³/mol. The van der Waals surface area contributed by atoms with Gasteiger partial charge in [0.1, 0.15) is 0 Å². The number of nitrogens with one attached hydrogen (secondary N) is 1. The number of aliphatic hydroxyl groups is 1. The van der Waals surface area contributed by atoms with Crippen LogP contribution in [0.25, 0.3) is 0 Å². The second-order valence-electron chi connectivity index (χ2n) is 5.33. The fraction of sp³-hybridized carbons (Fsp3) is 0.571. The van der Waals surface area contributed by atoms with Crippen molar-refractivity contribution in [2.24, 2.45) is 0 Å². The molecule has 2 nitrogen and oxygen atoms in total. The van der Waals surface area contributed by atoms with Crippen LogP contribution >= 0.6 is 0 Å². The Morgan fingerprint density at radius 1 is 1.25 bits per heavy atom. The van der Waals surface area contributed by atoms with Gasteiger partial charge >= 0.3 is 0 Å². The molecule has 0 spiro atoms. The van der Waals surface area contributed by atoms with Gasteiger partial charge in [-0.25, -0.2) is 0 Å². The standard InChI is InChI=1S/C14H19NO/c16-14(6-7-14)9-11-1-3-12(4-2-11)13-5-8-15-10-13/h1-4,13,15-16H,5-10H2. The molecule has 1 atom stereocenters. The quantitative estimate of drug-likeness (QED) is 0.809. The van der Waals surface area contributed by atoms with Gasteiger partial charge in [0.25, 0.3) is 0 Å². The highest BCUT2D eigenvalue weighted by molar-refractivity contribution is 5.28. The Kier molecular flexibility index (Phi) is 2.49. The fourth-order valence-electron chi connectivity index (χ4n) is 2.55. The Balaban J connectivity index is 1.69. The van der Waals surface area contributed by atoms with E-state index in [9.17, 15) is 5.11 Å². The molecule has 1 saturated carbocycles. The Labute approximate surface area is 96.7 Å². The second-order valence-corrected chi connectivity index (χ2v) is 5.33. The van der Waals surface area contributed by atoms with Gasteiger partial charge in [-0.1, -0.05) is 24.3 Å². The van der Waals surface area contributed by atoms with Crippen LogP contribution in [0.4, 0.5) is 0 Å². The van der Waals surface area contributed by atoms with E-state index in [1.54, 1.807) is 0 Å². The van der Waals surface area contributed by atoms with Crippen molar-refractivity contribution in [1.82, 2.24) is 5.32 Å². The topological polar surface area (TPSA) is 32.3 Å². The van der Waals surface area contributed by atoms with E-state index in [0.29, 0.717) is 5.92 Å². The molecule has 1 saturated heterocycles. The third-order valence-corrected chi connectivity index (χ3v) is 3.87. The van der Waals surface area contributed by atoms with Crippen LogP contribution in [0.3, 0.4) is 0 Å². The third-order valence-electron chi connectivity index (χ3n) is 3.87. The zero-order valence-corrected chi connectivity index (χ0v) is 9.58. The normalized spacial score (nSPS) is 26.9. The number of hydrogen-bond donors (Lipinski definition) is 2. The molecule has 0 radical (unpaired) electrons. The molecular formula is C14H19NO. The zero-order chi connectivity index (χ0) is 11.0. The molecule has 1 aromatic carbocycles. The first-order chi connectivity index (χ1) is 7.75. The van der Waals surface area contributed by atoms with Crippen LogP contribution in [0.2, 0.25) is 0 Å². The Bertz CT molecular complexity index is 361. The Morgan fingerprint density at radius 2 is 2.00 bits per heavy atom. The van der Waals surface area contributed by atoms with Crippen molar-refractivity contribution in [2.45, 2.75) is 37.2 Å². The lowest BCUT2D eigenvalue weighted by molar-refractivity contribution is 0.151. The van der Waals surface area contributed by atoms with Crippen LogP contribution in [0, 0.1) is 0 Å². The van der Waals surface area contributed by atoms with E-state index in [-0.39, 0.29) is 5.60 Å². The van der Waals surface area contributed by atoms with Gasteiger partial charge in [0, 0.05) is 13.0 Å². The van der Waals surface area contributed by atoms with Crippen molar-refractivity contribution >= 4 is 0 Å². The van der Waals surface area contributed by atoms with Crippen molar-refractivity contribution in [3.05, 3.63) is 35.4 Å². The summed E-state index contributed by atoms with van der Waals surface area (Å²) in [6.07, 6.45) is 4.03. The average Bonchev–Trinajstić information content (AvgIpc) is 2.83. The smallest absolute Gasteiger partial charge is 0.0690 e. The molecule has 2 heteroatoms. The fourth-order valence-corrected chi connectivity index (χ4v) is 2.55. The van der Waals surface area contributed by atoms with Crippen molar-refractivity contribution in [3.63, 3.8) is 0 Å². The molecule has 1 unspecified atom stereocenters. The van der Waals surface area contributed by atoms with E-state index >= 15 is 0 Å². The van der Waals surface area contributed by atoms with E-state index in [4.69, 9.17) is 0 Å². The highest BCUT2D eigenvalue weighted by Crippen LogP contribution is 2.38. The van der Waals surface area contributed by atoms with E-state index in [2.05, 4.69) is 29.6 Å². The van der Waals surface area contributed by atoms with E-state index < -0.39 is 0 Å². The summed E-state index contributed by atoms with van der Waals surface area (Å²) in [5.74, 6) is 0.693. The largest absolute Gasteiger partial charge is 0.390 e. The molecular weight excluding hydrogens is 198 g/mol. The van der Waals surface area contributed by atoms with Gasteiger partial charge in [0.2, 0.25) is 0 Å². The number of hydrogen-bond acceptors (Lipinski definition) is 2. The summed E-state index contributed by atoms with van der Waals surface area (Å²) in [5.41, 5.74) is 2.35. The summed E-state index contributed by atoms with van der Waals surface area (Å²) in [6.45, 7) is 2.26. The molecule has 1 aliphatic heterocycles. The van der Waals surface area contributed by atoms with Crippen molar-refractivity contribution < 1.29 is 5.11 Å². The van der Waals surface area contributed by atoms with Crippen LogP contribution in [0.5, 0.6) is 0 Å². The first kappa shape index (κ1) is 10.3. The van der Waals surface area contributed by atoms with Crippen molar-refractivity contribution in [2.75, 3.05) is 13.1 Å². The van der Waals surface area contributed by atoms with Gasteiger partial charge < -0.3 is 10.4 Å². The summed E-state index contributed by atoms with van der Waals surface area (Å²) in [6, 6.07) is 8.84. The van der Waals surface area contributed by atoms with E-state index in [1.807, 2.05) is 0 Å². The van der Waals surface area contributed by atoms with Gasteiger partial charge in [0.05, 0.1) is 5.60 Å². The zero-order valence-electron chi connectivity index (χ0n) is 9.58. The lowest BCUT2D eigenvalue weighted by Crippen LogP contribution is -2.11. The van der Waals surface area contributed by atoms with Gasteiger partial charge in [-0.15, -0.1) is 0 Å². The number of benzene rings is 1. The van der Waals surface area contributed by atoms with Crippen LogP contribution in [0.15, 0.2) is 24.3 Å². The Hall–Kier alpha value is -0.860. The SMILES string of the molecule is OC1(Cc2ccc(C3CCNC3)cc2)CC1. The van der Waals surface area contributed by atoms with Gasteiger partial charge in [-0.05, 0) is 42.9 Å². The summed E-state index contributed by atoms with van der Waals surface area (Å²) in [4.78, 5) is 0. The third kappa shape index (κ3) is 2.13. The molecule has 2 aliphatic rings. The minimum absolute atomic E-state index is 0.365. The lowest BCUT2D eigenvalue weighted by atomic mass is 9.96. The molecule has 0 aromatic heterocycles. The molecule has 2 N–H and O–H groups in total. The van der Waals surface area contributed by atoms with Crippen LogP contribution in [0.1, 0.15) is 36.3 Å². The first-order valence-electron chi connectivity index (χ1n) is 6.27. The summed E-state index contributed by atoms with van der Waals surface area (Å²) in [5, 5.41) is 13.2. The van der Waals surface area contributed by atoms with Gasteiger partial charge in [-0.2, -0.15) is 0 Å². The molecule has 1 heterocycles. The molecule has 0 bridgehead atoms. The van der Waals surface area contributed by atoms with E-state index in [1.165, 1.54) is 17.5 Å². The van der Waals surface area contributed by atoms with Crippen LogP contribution in [-0.4, -0.2) is 23.8 Å². The first-order valence-corrected chi connectivity index (χ1v) is 6.27. The highest BCUT2D eigenvalue weighted by Gasteiger charge is 2.39. The van der Waals surface area contributed by atoms with Gasteiger partial charge in [-0.3, -0.25) is 0 Å².